The molecular formula is C33H26N2. The van der Waals surface area contributed by atoms with Gasteiger partial charge in [-0.1, -0.05) is 121 Å². The lowest BCUT2D eigenvalue weighted by Gasteiger charge is -2.35. The Labute approximate surface area is 207 Å². The molecular weight excluding hydrogens is 424 g/mol. The second-order valence-corrected chi connectivity index (χ2v) is 8.69. The average molecular weight is 451 g/mol. The van der Waals surface area contributed by atoms with Gasteiger partial charge in [0, 0.05) is 17.6 Å². The van der Waals surface area contributed by atoms with Gasteiger partial charge in [0.2, 0.25) is 0 Å². The highest BCUT2D eigenvalue weighted by Crippen LogP contribution is 2.45. The molecule has 2 nitrogen and oxygen atoms in total. The van der Waals surface area contributed by atoms with E-state index in [1.807, 2.05) is 0 Å². The van der Waals surface area contributed by atoms with E-state index in [2.05, 4.69) is 162 Å². The van der Waals surface area contributed by atoms with Crippen LogP contribution >= 0.6 is 0 Å². The molecule has 1 atom stereocenters. The number of rotatable bonds is 5. The van der Waals surface area contributed by atoms with Crippen LogP contribution in [0.15, 0.2) is 152 Å². The van der Waals surface area contributed by atoms with Crippen LogP contribution < -0.4 is 9.80 Å². The standard InChI is InChI=1S/C33H26N2/c1-5-13-26(14-6-1)27-21-23-30(24-22-27)34-25-32(28-15-7-2-8-16-28)35(31-19-11-4-12-20-31)33(34)29-17-9-3-10-18-29/h1-25,33H. The lowest BCUT2D eigenvalue weighted by Crippen LogP contribution is -2.31. The Hall–Kier alpha value is -4.56. The third-order valence-corrected chi connectivity index (χ3v) is 6.50. The molecule has 0 spiro atoms. The van der Waals surface area contributed by atoms with E-state index in [1.165, 1.54) is 33.6 Å². The first-order valence-electron chi connectivity index (χ1n) is 12.0. The number of hydrogen-bond donors (Lipinski definition) is 0. The Morgan fingerprint density at radius 1 is 0.400 bits per heavy atom. The fraction of sp³-hybridized carbons (Fsp3) is 0.0303. The van der Waals surface area contributed by atoms with Crippen molar-refractivity contribution in [1.82, 2.24) is 0 Å². The van der Waals surface area contributed by atoms with Crippen molar-refractivity contribution in [3.8, 4) is 11.1 Å². The number of hydrogen-bond acceptors (Lipinski definition) is 2. The van der Waals surface area contributed by atoms with Crippen LogP contribution in [-0.2, 0) is 0 Å². The van der Waals surface area contributed by atoms with Gasteiger partial charge in [-0.15, -0.1) is 0 Å². The summed E-state index contributed by atoms with van der Waals surface area (Å²) in [4.78, 5) is 4.83. The van der Waals surface area contributed by atoms with Crippen molar-refractivity contribution in [2.24, 2.45) is 0 Å². The number of para-hydroxylation sites is 1. The topological polar surface area (TPSA) is 6.48 Å². The summed E-state index contributed by atoms with van der Waals surface area (Å²) in [5, 5.41) is 0. The van der Waals surface area contributed by atoms with Gasteiger partial charge in [-0.2, -0.15) is 0 Å². The molecule has 0 saturated heterocycles. The molecule has 2 heteroatoms. The van der Waals surface area contributed by atoms with Crippen LogP contribution in [-0.4, -0.2) is 0 Å². The average Bonchev–Trinajstić information content (AvgIpc) is 3.36. The first kappa shape index (κ1) is 21.0. The predicted molar refractivity (Wildman–Crippen MR) is 147 cm³/mol. The molecule has 6 rings (SSSR count). The van der Waals surface area contributed by atoms with Crippen molar-refractivity contribution >= 4 is 17.1 Å². The normalized spacial score (nSPS) is 15.2. The molecule has 0 fully saturated rings. The van der Waals surface area contributed by atoms with E-state index in [1.54, 1.807) is 0 Å². The quantitative estimate of drug-likeness (QED) is 0.265. The maximum absolute atomic E-state index is 2.44. The van der Waals surface area contributed by atoms with Gasteiger partial charge in [0.25, 0.3) is 0 Å². The molecule has 1 unspecified atom stereocenters. The van der Waals surface area contributed by atoms with Crippen molar-refractivity contribution in [2.45, 2.75) is 6.17 Å². The smallest absolute Gasteiger partial charge is 0.136 e. The lowest BCUT2D eigenvalue weighted by molar-refractivity contribution is 0.739. The molecule has 0 saturated carbocycles. The van der Waals surface area contributed by atoms with Crippen LogP contribution in [0.25, 0.3) is 16.8 Å². The summed E-state index contributed by atoms with van der Waals surface area (Å²) in [6.45, 7) is 0. The van der Waals surface area contributed by atoms with Gasteiger partial charge in [0.05, 0.1) is 5.70 Å². The maximum atomic E-state index is 2.44. The van der Waals surface area contributed by atoms with E-state index in [0.29, 0.717) is 0 Å². The Morgan fingerprint density at radius 3 is 1.49 bits per heavy atom. The van der Waals surface area contributed by atoms with E-state index in [0.717, 1.165) is 5.69 Å². The first-order chi connectivity index (χ1) is 17.4. The summed E-state index contributed by atoms with van der Waals surface area (Å²) in [5.41, 5.74) is 8.39. The Kier molecular flexibility index (Phi) is 5.62. The minimum atomic E-state index is -0.00335. The van der Waals surface area contributed by atoms with E-state index < -0.39 is 0 Å². The molecule has 0 bridgehead atoms. The van der Waals surface area contributed by atoms with E-state index in [4.69, 9.17) is 0 Å². The second kappa shape index (κ2) is 9.36. The molecule has 0 radical (unpaired) electrons. The van der Waals surface area contributed by atoms with Crippen LogP contribution in [0.4, 0.5) is 11.4 Å². The van der Waals surface area contributed by atoms with Gasteiger partial charge in [0.15, 0.2) is 0 Å². The summed E-state index contributed by atoms with van der Waals surface area (Å²) in [7, 11) is 0. The number of anilines is 2. The Balaban J connectivity index is 1.49. The second-order valence-electron chi connectivity index (χ2n) is 8.69. The third kappa shape index (κ3) is 4.11. The summed E-state index contributed by atoms with van der Waals surface area (Å²) < 4.78 is 0. The minimum absolute atomic E-state index is 0.00335. The van der Waals surface area contributed by atoms with Crippen LogP contribution in [0.5, 0.6) is 0 Å². The maximum Gasteiger partial charge on any atom is 0.136 e. The summed E-state index contributed by atoms with van der Waals surface area (Å²) in [5.74, 6) is 0. The Morgan fingerprint density at radius 2 is 0.886 bits per heavy atom. The first-order valence-corrected chi connectivity index (χ1v) is 12.0. The molecule has 5 aromatic rings. The van der Waals surface area contributed by atoms with Crippen LogP contribution in [0.3, 0.4) is 0 Å². The molecule has 1 aliphatic rings. The van der Waals surface area contributed by atoms with Crippen LogP contribution in [0, 0.1) is 0 Å². The predicted octanol–water partition coefficient (Wildman–Crippen LogP) is 8.38. The monoisotopic (exact) mass is 450 g/mol. The van der Waals surface area contributed by atoms with Crippen LogP contribution in [0.1, 0.15) is 17.3 Å². The van der Waals surface area contributed by atoms with Gasteiger partial charge < -0.3 is 9.80 Å². The van der Waals surface area contributed by atoms with E-state index in [9.17, 15) is 0 Å². The number of nitrogens with zero attached hydrogens (tertiary/aromatic N) is 2. The Bertz CT molecular complexity index is 1410. The van der Waals surface area contributed by atoms with Crippen molar-refractivity contribution in [1.29, 1.82) is 0 Å². The molecule has 0 aromatic heterocycles. The van der Waals surface area contributed by atoms with Crippen molar-refractivity contribution in [2.75, 3.05) is 9.80 Å². The highest BCUT2D eigenvalue weighted by Gasteiger charge is 2.35. The summed E-state index contributed by atoms with van der Waals surface area (Å²) in [6.07, 6.45) is 2.29. The van der Waals surface area contributed by atoms with Gasteiger partial charge in [0.1, 0.15) is 6.17 Å². The summed E-state index contributed by atoms with van der Waals surface area (Å²) in [6, 6.07) is 51.5. The highest BCUT2D eigenvalue weighted by molar-refractivity contribution is 5.87. The van der Waals surface area contributed by atoms with E-state index >= 15 is 0 Å². The SMILES string of the molecule is C1=C(c2ccccc2)N(c2ccccc2)C(c2ccccc2)N1c1ccc(-c2ccccc2)cc1. The largest absolute Gasteiger partial charge is 0.321 e. The van der Waals surface area contributed by atoms with Gasteiger partial charge >= 0.3 is 0 Å². The van der Waals surface area contributed by atoms with Crippen molar-refractivity contribution in [3.05, 3.63) is 163 Å². The van der Waals surface area contributed by atoms with E-state index in [-0.39, 0.29) is 6.17 Å². The third-order valence-electron chi connectivity index (χ3n) is 6.50. The minimum Gasteiger partial charge on any atom is -0.321 e. The molecule has 35 heavy (non-hydrogen) atoms. The summed E-state index contributed by atoms with van der Waals surface area (Å²) >= 11 is 0. The van der Waals surface area contributed by atoms with Gasteiger partial charge in [-0.25, -0.2) is 0 Å². The lowest BCUT2D eigenvalue weighted by atomic mass is 10.0. The molecule has 1 aliphatic heterocycles. The zero-order valence-electron chi connectivity index (χ0n) is 19.4. The fourth-order valence-electron chi connectivity index (χ4n) is 4.82. The van der Waals surface area contributed by atoms with Gasteiger partial charge in [-0.05, 0) is 46.5 Å². The molecule has 168 valence electrons. The molecule has 5 aromatic carbocycles. The van der Waals surface area contributed by atoms with Crippen molar-refractivity contribution in [3.63, 3.8) is 0 Å². The highest BCUT2D eigenvalue weighted by atomic mass is 15.4. The molecule has 0 amide bonds. The molecule has 0 N–H and O–H groups in total. The zero-order valence-corrected chi connectivity index (χ0v) is 19.4. The molecule has 1 heterocycles. The molecule has 0 aliphatic carbocycles. The van der Waals surface area contributed by atoms with Crippen molar-refractivity contribution < 1.29 is 0 Å². The number of benzene rings is 5. The van der Waals surface area contributed by atoms with Gasteiger partial charge in [-0.3, -0.25) is 0 Å². The van der Waals surface area contributed by atoms with Crippen LogP contribution in [0.2, 0.25) is 0 Å². The zero-order chi connectivity index (χ0) is 23.5. The fourth-order valence-corrected chi connectivity index (χ4v) is 4.82.